The molecule has 1 amide bonds. The highest BCUT2D eigenvalue weighted by Crippen LogP contribution is 2.24. The van der Waals surface area contributed by atoms with Gasteiger partial charge in [0.05, 0.1) is 0 Å². The number of carbonyl (C=O) groups excluding carboxylic acids is 1. The van der Waals surface area contributed by atoms with Crippen LogP contribution in [0.1, 0.15) is 34.0 Å². The molecule has 0 saturated carbocycles. The molecule has 0 atom stereocenters. The smallest absolute Gasteiger partial charge is 0.253 e. The Bertz CT molecular complexity index is 680. The molecule has 4 heteroatoms. The van der Waals surface area contributed by atoms with Gasteiger partial charge in [0, 0.05) is 29.2 Å². The van der Waals surface area contributed by atoms with Crippen LogP contribution in [0, 0.1) is 6.92 Å². The largest absolute Gasteiger partial charge is 0.342 e. The van der Waals surface area contributed by atoms with Crippen molar-refractivity contribution in [2.75, 3.05) is 13.6 Å². The van der Waals surface area contributed by atoms with Crippen LogP contribution < -0.4 is 0 Å². The van der Waals surface area contributed by atoms with Crippen molar-refractivity contribution in [3.63, 3.8) is 0 Å². The zero-order valence-corrected chi connectivity index (χ0v) is 14.5. The molecule has 0 aliphatic carbocycles. The van der Waals surface area contributed by atoms with Crippen LogP contribution in [0.3, 0.4) is 0 Å². The predicted octanol–water partition coefficient (Wildman–Crippen LogP) is 4.98. The number of amides is 1. The van der Waals surface area contributed by atoms with Crippen LogP contribution in [0.5, 0.6) is 0 Å². The van der Waals surface area contributed by atoms with Crippen LogP contribution in [0.4, 0.5) is 0 Å². The summed E-state index contributed by atoms with van der Waals surface area (Å²) < 4.78 is 0. The molecule has 2 nitrogen and oxygen atoms in total. The van der Waals surface area contributed by atoms with Gasteiger partial charge in [-0.2, -0.15) is 0 Å². The maximum Gasteiger partial charge on any atom is 0.253 e. The fourth-order valence-electron chi connectivity index (χ4n) is 2.31. The van der Waals surface area contributed by atoms with Crippen LogP contribution in [0.25, 0.3) is 0 Å². The molecule has 22 heavy (non-hydrogen) atoms. The summed E-state index contributed by atoms with van der Waals surface area (Å²) in [7, 11) is 1.79. The number of nitrogens with zero attached hydrogens (tertiary/aromatic N) is 1. The van der Waals surface area contributed by atoms with Crippen LogP contribution in [-0.2, 0) is 6.42 Å². The quantitative estimate of drug-likeness (QED) is 0.771. The Morgan fingerprint density at radius 1 is 1.09 bits per heavy atom. The zero-order chi connectivity index (χ0) is 16.3. The number of rotatable bonds is 4. The average Bonchev–Trinajstić information content (AvgIpc) is 2.51. The first-order chi connectivity index (χ1) is 10.4. The molecule has 2 aromatic carbocycles. The highest BCUT2D eigenvalue weighted by molar-refractivity contribution is 6.31. The Hall–Kier alpha value is -1.51. The molecular weight excluding hydrogens is 317 g/mol. The molecule has 2 aromatic rings. The lowest BCUT2D eigenvalue weighted by atomic mass is 9.96. The summed E-state index contributed by atoms with van der Waals surface area (Å²) in [5, 5.41) is 1.30. The molecule has 0 heterocycles. The second kappa shape index (κ2) is 7.17. The second-order valence-electron chi connectivity index (χ2n) is 5.36. The van der Waals surface area contributed by atoms with Gasteiger partial charge >= 0.3 is 0 Å². The van der Waals surface area contributed by atoms with E-state index in [-0.39, 0.29) is 5.91 Å². The number of hydrogen-bond acceptors (Lipinski definition) is 1. The van der Waals surface area contributed by atoms with Crippen LogP contribution in [-0.4, -0.2) is 24.4 Å². The first-order valence-corrected chi connectivity index (χ1v) is 7.97. The van der Waals surface area contributed by atoms with Crippen molar-refractivity contribution >= 4 is 29.1 Å². The average molecular weight is 336 g/mol. The van der Waals surface area contributed by atoms with Crippen molar-refractivity contribution in [2.24, 2.45) is 0 Å². The van der Waals surface area contributed by atoms with E-state index in [9.17, 15) is 4.79 Å². The van der Waals surface area contributed by atoms with Gasteiger partial charge in [-0.15, -0.1) is 0 Å². The Balaban J connectivity index is 2.38. The van der Waals surface area contributed by atoms with Crippen LogP contribution >= 0.6 is 23.2 Å². The highest BCUT2D eigenvalue weighted by atomic mass is 35.5. The molecule has 0 aromatic heterocycles. The van der Waals surface area contributed by atoms with E-state index in [4.69, 9.17) is 23.2 Å². The van der Waals surface area contributed by atoms with Crippen LogP contribution in [0.15, 0.2) is 36.4 Å². The molecule has 0 aliphatic heterocycles. The summed E-state index contributed by atoms with van der Waals surface area (Å²) in [5.74, 6) is -0.000133. The van der Waals surface area contributed by atoms with Gasteiger partial charge in [0.2, 0.25) is 0 Å². The number of benzene rings is 2. The van der Waals surface area contributed by atoms with E-state index in [2.05, 4.69) is 0 Å². The summed E-state index contributed by atoms with van der Waals surface area (Å²) in [6.07, 6.45) is 0.722. The molecule has 2 rings (SSSR count). The lowest BCUT2D eigenvalue weighted by Crippen LogP contribution is -2.27. The van der Waals surface area contributed by atoms with Gasteiger partial charge in [-0.05, 0) is 61.2 Å². The first-order valence-electron chi connectivity index (χ1n) is 7.21. The van der Waals surface area contributed by atoms with Gasteiger partial charge in [0.15, 0.2) is 0 Å². The van der Waals surface area contributed by atoms with Crippen molar-refractivity contribution in [1.82, 2.24) is 4.90 Å². The van der Waals surface area contributed by atoms with Crippen molar-refractivity contribution in [1.29, 1.82) is 0 Å². The fraction of sp³-hybridized carbons (Fsp3) is 0.278. The summed E-state index contributed by atoms with van der Waals surface area (Å²) >= 11 is 12.1. The minimum atomic E-state index is -0.000133. The Labute approximate surface area is 141 Å². The van der Waals surface area contributed by atoms with Crippen LogP contribution in [0.2, 0.25) is 10.0 Å². The molecule has 0 unspecified atom stereocenters. The van der Waals surface area contributed by atoms with E-state index >= 15 is 0 Å². The number of hydrogen-bond donors (Lipinski definition) is 0. The highest BCUT2D eigenvalue weighted by Gasteiger charge is 2.16. The Morgan fingerprint density at radius 2 is 1.73 bits per heavy atom. The summed E-state index contributed by atoms with van der Waals surface area (Å²) in [6, 6.07) is 11.4. The summed E-state index contributed by atoms with van der Waals surface area (Å²) in [4.78, 5) is 14.1. The lowest BCUT2D eigenvalue weighted by Gasteiger charge is -2.18. The third kappa shape index (κ3) is 3.82. The topological polar surface area (TPSA) is 20.3 Å². The second-order valence-corrected chi connectivity index (χ2v) is 6.23. The lowest BCUT2D eigenvalue weighted by molar-refractivity contribution is 0.0801. The fourth-order valence-corrected chi connectivity index (χ4v) is 2.68. The standard InChI is InChI=1S/C18H19Cl2NO/c1-4-21(3)18(22)17-11-16(20)10-14(12(17)2)9-13-5-7-15(19)8-6-13/h5-8,10-11H,4,9H2,1-3H3. The van der Waals surface area contributed by atoms with E-state index in [1.807, 2.05) is 44.2 Å². The molecule has 0 fully saturated rings. The summed E-state index contributed by atoms with van der Waals surface area (Å²) in [5.41, 5.74) is 3.84. The molecular formula is C18H19Cl2NO. The number of halogens is 2. The van der Waals surface area contributed by atoms with Crippen molar-refractivity contribution in [3.8, 4) is 0 Å². The van der Waals surface area contributed by atoms with Gasteiger partial charge in [0.25, 0.3) is 5.91 Å². The number of carbonyl (C=O) groups is 1. The molecule has 0 bridgehead atoms. The minimum Gasteiger partial charge on any atom is -0.342 e. The maximum absolute atomic E-state index is 12.4. The molecule has 0 saturated heterocycles. The van der Waals surface area contributed by atoms with E-state index in [1.54, 1.807) is 18.0 Å². The molecule has 0 aliphatic rings. The zero-order valence-electron chi connectivity index (χ0n) is 13.0. The van der Waals surface area contributed by atoms with E-state index in [1.165, 1.54) is 0 Å². The summed E-state index contributed by atoms with van der Waals surface area (Å²) in [6.45, 7) is 4.59. The normalized spacial score (nSPS) is 10.6. The molecule has 0 radical (unpaired) electrons. The first kappa shape index (κ1) is 16.9. The molecule has 0 N–H and O–H groups in total. The monoisotopic (exact) mass is 335 g/mol. The SMILES string of the molecule is CCN(C)C(=O)c1cc(Cl)cc(Cc2ccc(Cl)cc2)c1C. The minimum absolute atomic E-state index is 0.000133. The van der Waals surface area contributed by atoms with Gasteiger partial charge in [0.1, 0.15) is 0 Å². The third-order valence-corrected chi connectivity index (χ3v) is 4.31. The van der Waals surface area contributed by atoms with E-state index < -0.39 is 0 Å². The predicted molar refractivity (Wildman–Crippen MR) is 93.1 cm³/mol. The van der Waals surface area contributed by atoms with Crippen molar-refractivity contribution in [2.45, 2.75) is 20.3 Å². The van der Waals surface area contributed by atoms with Gasteiger partial charge < -0.3 is 4.90 Å². The van der Waals surface area contributed by atoms with E-state index in [0.717, 1.165) is 23.1 Å². The van der Waals surface area contributed by atoms with Gasteiger partial charge in [-0.1, -0.05) is 35.3 Å². The van der Waals surface area contributed by atoms with E-state index in [0.29, 0.717) is 22.2 Å². The van der Waals surface area contributed by atoms with Crippen molar-refractivity contribution < 1.29 is 4.79 Å². The Morgan fingerprint density at radius 3 is 2.32 bits per heavy atom. The third-order valence-electron chi connectivity index (χ3n) is 3.84. The molecule has 116 valence electrons. The van der Waals surface area contributed by atoms with Crippen molar-refractivity contribution in [3.05, 3.63) is 68.7 Å². The van der Waals surface area contributed by atoms with Gasteiger partial charge in [-0.3, -0.25) is 4.79 Å². The van der Waals surface area contributed by atoms with Gasteiger partial charge in [-0.25, -0.2) is 0 Å². The Kier molecular flexibility index (Phi) is 5.49. The molecule has 0 spiro atoms. The maximum atomic E-state index is 12.4.